The summed E-state index contributed by atoms with van der Waals surface area (Å²) >= 11 is 5.56. The third-order valence-electron chi connectivity index (χ3n) is 2.16. The molecule has 0 aliphatic rings. The average molecular weight is 245 g/mol. The maximum absolute atomic E-state index is 13.1. The highest BCUT2D eigenvalue weighted by molar-refractivity contribution is 6.30. The molecule has 5 heteroatoms. The molecule has 0 aliphatic heterocycles. The first-order chi connectivity index (χ1) is 7.54. The number of carbonyl (C=O) groups excluding carboxylic acids is 1. The fourth-order valence-electron chi connectivity index (χ4n) is 1.29. The van der Waals surface area contributed by atoms with Gasteiger partial charge >= 0.3 is 0 Å². The van der Waals surface area contributed by atoms with Crippen molar-refractivity contribution in [3.8, 4) is 0 Å². The van der Waals surface area contributed by atoms with Crippen LogP contribution in [0.3, 0.4) is 0 Å². The maximum atomic E-state index is 13.1. The molecule has 0 spiro atoms. The number of benzene rings is 1. The predicted molar refractivity (Wildman–Crippen MR) is 61.8 cm³/mol. The lowest BCUT2D eigenvalue weighted by atomic mass is 10.2. The fourth-order valence-corrected chi connectivity index (χ4v) is 1.40. The van der Waals surface area contributed by atoms with Crippen LogP contribution in [0.15, 0.2) is 18.2 Å². The summed E-state index contributed by atoms with van der Waals surface area (Å²) in [6.07, 6.45) is 0. The molecule has 1 N–H and O–H groups in total. The first kappa shape index (κ1) is 12.9. The van der Waals surface area contributed by atoms with Gasteiger partial charge in [0.15, 0.2) is 0 Å². The Bertz CT molecular complexity index is 384. The summed E-state index contributed by atoms with van der Waals surface area (Å²) < 4.78 is 13.1. The van der Waals surface area contributed by atoms with E-state index in [1.165, 1.54) is 17.0 Å². The molecule has 0 saturated heterocycles. The normalized spacial score (nSPS) is 10.2. The molecular weight excluding hydrogens is 231 g/mol. The van der Waals surface area contributed by atoms with Crippen LogP contribution in [0.4, 0.5) is 4.39 Å². The molecule has 0 fully saturated rings. The van der Waals surface area contributed by atoms with Crippen molar-refractivity contribution in [1.82, 2.24) is 10.2 Å². The smallest absolute Gasteiger partial charge is 0.236 e. The molecule has 1 amide bonds. The number of rotatable bonds is 4. The summed E-state index contributed by atoms with van der Waals surface area (Å²) in [6.45, 7) is 0.640. The Labute approximate surface area is 99.2 Å². The number of hydrogen-bond acceptors (Lipinski definition) is 2. The topological polar surface area (TPSA) is 32.3 Å². The highest BCUT2D eigenvalue weighted by Gasteiger charge is 2.09. The molecule has 0 saturated carbocycles. The minimum atomic E-state index is -0.464. The van der Waals surface area contributed by atoms with Crippen LogP contribution in [-0.2, 0) is 11.3 Å². The molecule has 1 rings (SSSR count). The molecule has 0 unspecified atom stereocenters. The second-order valence-electron chi connectivity index (χ2n) is 3.53. The highest BCUT2D eigenvalue weighted by atomic mass is 35.5. The molecule has 3 nitrogen and oxygen atoms in total. The summed E-state index contributed by atoms with van der Waals surface area (Å²) in [5, 5.41) is 2.86. The van der Waals surface area contributed by atoms with Gasteiger partial charge in [0.1, 0.15) is 5.82 Å². The molecule has 0 radical (unpaired) electrons. The monoisotopic (exact) mass is 244 g/mol. The number of hydrogen-bond donors (Lipinski definition) is 1. The number of amides is 1. The van der Waals surface area contributed by atoms with Crippen molar-refractivity contribution in [2.45, 2.75) is 6.54 Å². The lowest BCUT2D eigenvalue weighted by Crippen LogP contribution is -2.33. The van der Waals surface area contributed by atoms with Gasteiger partial charge in [0, 0.05) is 13.6 Å². The Kier molecular flexibility index (Phi) is 4.71. The lowest BCUT2D eigenvalue weighted by Gasteiger charge is -2.17. The molecular formula is C11H14ClFN2O. The maximum Gasteiger partial charge on any atom is 0.236 e. The van der Waals surface area contributed by atoms with Crippen molar-refractivity contribution < 1.29 is 9.18 Å². The van der Waals surface area contributed by atoms with Crippen molar-refractivity contribution in [3.05, 3.63) is 34.6 Å². The number of likely N-dealkylation sites (N-methyl/N-ethyl adjacent to an activating group) is 2. The van der Waals surface area contributed by atoms with Crippen LogP contribution < -0.4 is 5.32 Å². The molecule has 0 atom stereocenters. The number of carbonyl (C=O) groups is 1. The Balaban J connectivity index is 2.66. The molecule has 0 heterocycles. The standard InChI is InChI=1S/C11H14ClFN2O/c1-14-6-11(16)15(2)7-8-3-4-9(12)10(13)5-8/h3-5,14H,6-7H2,1-2H3. The molecule has 88 valence electrons. The lowest BCUT2D eigenvalue weighted by molar-refractivity contribution is -0.129. The van der Waals surface area contributed by atoms with Crippen molar-refractivity contribution in [2.24, 2.45) is 0 Å². The molecule has 0 aliphatic carbocycles. The van der Waals surface area contributed by atoms with Gasteiger partial charge in [-0.3, -0.25) is 4.79 Å². The van der Waals surface area contributed by atoms with Gasteiger partial charge < -0.3 is 10.2 Å². The van der Waals surface area contributed by atoms with E-state index in [2.05, 4.69) is 5.32 Å². The molecule has 16 heavy (non-hydrogen) atoms. The van der Waals surface area contributed by atoms with Gasteiger partial charge in [-0.25, -0.2) is 4.39 Å². The van der Waals surface area contributed by atoms with Crippen LogP contribution in [0.2, 0.25) is 5.02 Å². The second-order valence-corrected chi connectivity index (χ2v) is 3.94. The summed E-state index contributed by atoms with van der Waals surface area (Å²) in [4.78, 5) is 13.0. The van der Waals surface area contributed by atoms with Gasteiger partial charge in [0.2, 0.25) is 5.91 Å². The number of nitrogens with one attached hydrogen (secondary N) is 1. The Morgan fingerprint density at radius 3 is 2.81 bits per heavy atom. The summed E-state index contributed by atoms with van der Waals surface area (Å²) in [7, 11) is 3.37. The van der Waals surface area contributed by atoms with E-state index in [9.17, 15) is 9.18 Å². The van der Waals surface area contributed by atoms with Gasteiger partial charge in [-0.1, -0.05) is 17.7 Å². The largest absolute Gasteiger partial charge is 0.340 e. The second kappa shape index (κ2) is 5.82. The minimum Gasteiger partial charge on any atom is -0.340 e. The molecule has 0 aromatic heterocycles. The number of halogens is 2. The first-order valence-corrected chi connectivity index (χ1v) is 5.25. The van der Waals surface area contributed by atoms with Crippen molar-refractivity contribution in [1.29, 1.82) is 0 Å². The van der Waals surface area contributed by atoms with E-state index in [1.807, 2.05) is 0 Å². The average Bonchev–Trinajstić information content (AvgIpc) is 2.24. The van der Waals surface area contributed by atoms with Crippen LogP contribution >= 0.6 is 11.6 Å². The summed E-state index contributed by atoms with van der Waals surface area (Å²) in [6, 6.07) is 4.53. The van der Waals surface area contributed by atoms with E-state index in [-0.39, 0.29) is 17.5 Å². The SMILES string of the molecule is CNCC(=O)N(C)Cc1ccc(Cl)c(F)c1. The van der Waals surface area contributed by atoms with E-state index in [0.29, 0.717) is 12.1 Å². The van der Waals surface area contributed by atoms with Crippen molar-refractivity contribution in [2.75, 3.05) is 20.6 Å². The van der Waals surface area contributed by atoms with E-state index < -0.39 is 5.82 Å². The highest BCUT2D eigenvalue weighted by Crippen LogP contribution is 2.16. The quantitative estimate of drug-likeness (QED) is 0.874. The fraction of sp³-hybridized carbons (Fsp3) is 0.364. The third kappa shape index (κ3) is 3.47. The van der Waals surface area contributed by atoms with Crippen LogP contribution in [0.25, 0.3) is 0 Å². The Morgan fingerprint density at radius 2 is 2.25 bits per heavy atom. The van der Waals surface area contributed by atoms with E-state index in [0.717, 1.165) is 0 Å². The Morgan fingerprint density at radius 1 is 1.56 bits per heavy atom. The molecule has 0 bridgehead atoms. The van der Waals surface area contributed by atoms with Gasteiger partial charge in [0.25, 0.3) is 0 Å². The molecule has 1 aromatic carbocycles. The number of nitrogens with zero attached hydrogens (tertiary/aromatic N) is 1. The third-order valence-corrected chi connectivity index (χ3v) is 2.46. The van der Waals surface area contributed by atoms with Gasteiger partial charge in [-0.05, 0) is 24.7 Å². The van der Waals surface area contributed by atoms with Crippen LogP contribution in [0.1, 0.15) is 5.56 Å². The predicted octanol–water partition coefficient (Wildman–Crippen LogP) is 1.66. The minimum absolute atomic E-state index is 0.0436. The van der Waals surface area contributed by atoms with Crippen LogP contribution in [-0.4, -0.2) is 31.4 Å². The van der Waals surface area contributed by atoms with E-state index >= 15 is 0 Å². The zero-order valence-corrected chi connectivity index (χ0v) is 10.0. The van der Waals surface area contributed by atoms with Crippen molar-refractivity contribution >= 4 is 17.5 Å². The molecule has 1 aromatic rings. The summed E-state index contributed by atoms with van der Waals surface area (Å²) in [5.74, 6) is -0.508. The van der Waals surface area contributed by atoms with E-state index in [4.69, 9.17) is 11.6 Å². The van der Waals surface area contributed by atoms with Gasteiger partial charge in [0.05, 0.1) is 11.6 Å². The van der Waals surface area contributed by atoms with Gasteiger partial charge in [-0.15, -0.1) is 0 Å². The summed E-state index contributed by atoms with van der Waals surface area (Å²) in [5.41, 5.74) is 0.717. The Hall–Kier alpha value is -1.13. The van der Waals surface area contributed by atoms with Gasteiger partial charge in [-0.2, -0.15) is 0 Å². The van der Waals surface area contributed by atoms with Crippen LogP contribution in [0, 0.1) is 5.82 Å². The van der Waals surface area contributed by atoms with Crippen molar-refractivity contribution in [3.63, 3.8) is 0 Å². The first-order valence-electron chi connectivity index (χ1n) is 4.87. The zero-order valence-electron chi connectivity index (χ0n) is 9.26. The van der Waals surface area contributed by atoms with Crippen LogP contribution in [0.5, 0.6) is 0 Å². The van der Waals surface area contributed by atoms with E-state index in [1.54, 1.807) is 20.2 Å². The zero-order chi connectivity index (χ0) is 12.1.